The van der Waals surface area contributed by atoms with Gasteiger partial charge in [-0.3, -0.25) is 10.1 Å². The van der Waals surface area contributed by atoms with Crippen LogP contribution in [0.2, 0.25) is 0 Å². The summed E-state index contributed by atoms with van der Waals surface area (Å²) in [6.45, 7) is 3.08. The first-order chi connectivity index (χ1) is 12.3. The topological polar surface area (TPSA) is 56.2 Å². The van der Waals surface area contributed by atoms with Crippen LogP contribution < -0.4 is 10.1 Å². The highest BCUT2D eigenvalue weighted by Gasteiger charge is 2.23. The summed E-state index contributed by atoms with van der Waals surface area (Å²) in [5.41, 5.74) is 1.53. The van der Waals surface area contributed by atoms with Crippen molar-refractivity contribution in [3.05, 3.63) is 54.1 Å². The molecule has 0 spiro atoms. The molecule has 0 fully saturated rings. The third-order valence-corrected chi connectivity index (χ3v) is 3.78. The molecule has 1 heterocycles. The van der Waals surface area contributed by atoms with Crippen molar-refractivity contribution in [2.24, 2.45) is 0 Å². The molecule has 1 N–H and O–H groups in total. The van der Waals surface area contributed by atoms with Gasteiger partial charge in [0.15, 0.2) is 0 Å². The van der Waals surface area contributed by atoms with Gasteiger partial charge in [-0.05, 0) is 51.1 Å². The second-order valence-corrected chi connectivity index (χ2v) is 6.79. The Morgan fingerprint density at radius 2 is 1.88 bits per heavy atom. The molecule has 3 aromatic rings. The minimum atomic E-state index is -2.95. The number of carbonyl (C=O) groups is 1. The number of hydrogen-bond acceptors (Lipinski definition) is 3. The van der Waals surface area contributed by atoms with Gasteiger partial charge in [0, 0.05) is 11.1 Å². The predicted octanol–water partition coefficient (Wildman–Crippen LogP) is 4.65. The Kier molecular flexibility index (Phi) is 4.63. The smallest absolute Gasteiger partial charge is 0.387 e. The Balaban J connectivity index is 1.95. The maximum absolute atomic E-state index is 12.6. The number of imidazole rings is 1. The van der Waals surface area contributed by atoms with E-state index in [1.807, 2.05) is 49.6 Å². The molecular weight excluding hydrogens is 340 g/mol. The first kappa shape index (κ1) is 17.8. The van der Waals surface area contributed by atoms with E-state index in [9.17, 15) is 13.6 Å². The highest BCUT2D eigenvalue weighted by atomic mass is 19.3. The number of rotatable bonds is 4. The van der Waals surface area contributed by atoms with Crippen molar-refractivity contribution in [3.63, 3.8) is 0 Å². The number of hydrogen-bond donors (Lipinski definition) is 1. The minimum Gasteiger partial charge on any atom is -0.435 e. The van der Waals surface area contributed by atoms with E-state index >= 15 is 0 Å². The lowest BCUT2D eigenvalue weighted by Gasteiger charge is -2.24. The molecule has 0 aliphatic carbocycles. The first-order valence-electron chi connectivity index (χ1n) is 8.10. The minimum absolute atomic E-state index is 0.0722. The molecule has 3 rings (SSSR count). The van der Waals surface area contributed by atoms with Crippen LogP contribution in [0.5, 0.6) is 5.75 Å². The molecule has 0 saturated carbocycles. The summed E-state index contributed by atoms with van der Waals surface area (Å²) in [5.74, 6) is -0.133. The normalized spacial score (nSPS) is 11.8. The monoisotopic (exact) mass is 359 g/mol. The van der Waals surface area contributed by atoms with Crippen molar-refractivity contribution < 1.29 is 18.3 Å². The van der Waals surface area contributed by atoms with Gasteiger partial charge in [0.25, 0.3) is 5.91 Å². The third-order valence-electron chi connectivity index (χ3n) is 3.78. The van der Waals surface area contributed by atoms with Gasteiger partial charge in [-0.15, -0.1) is 0 Å². The fourth-order valence-corrected chi connectivity index (χ4v) is 2.78. The molecule has 1 amide bonds. The molecule has 5 nitrogen and oxygen atoms in total. The van der Waals surface area contributed by atoms with Gasteiger partial charge in [-0.2, -0.15) is 8.78 Å². The fraction of sp³-hybridized carbons (Fsp3) is 0.263. The number of fused-ring (bicyclic) bond motifs is 1. The summed E-state index contributed by atoms with van der Waals surface area (Å²) >= 11 is 0. The lowest BCUT2D eigenvalue weighted by atomic mass is 10.1. The molecular formula is C19H19F2N3O2. The van der Waals surface area contributed by atoms with Crippen molar-refractivity contribution in [2.75, 3.05) is 5.32 Å². The molecule has 1 aromatic heterocycles. The van der Waals surface area contributed by atoms with E-state index in [2.05, 4.69) is 15.0 Å². The number of nitrogens with one attached hydrogen (secondary N) is 1. The van der Waals surface area contributed by atoms with E-state index < -0.39 is 12.5 Å². The summed E-state index contributed by atoms with van der Waals surface area (Å²) in [5, 5.41) is 2.77. The van der Waals surface area contributed by atoms with Crippen molar-refractivity contribution in [1.29, 1.82) is 0 Å². The number of ether oxygens (including phenoxy) is 1. The van der Waals surface area contributed by atoms with Gasteiger partial charge in [-0.25, -0.2) is 4.98 Å². The molecule has 2 aromatic carbocycles. The van der Waals surface area contributed by atoms with Crippen LogP contribution in [0.25, 0.3) is 11.0 Å². The van der Waals surface area contributed by atoms with Crippen molar-refractivity contribution in [3.8, 4) is 5.75 Å². The molecule has 0 aliphatic heterocycles. The number of halogens is 2. The Labute approximate surface area is 149 Å². The number of aromatic nitrogens is 2. The largest absolute Gasteiger partial charge is 0.435 e. The Morgan fingerprint density at radius 1 is 1.15 bits per heavy atom. The van der Waals surface area contributed by atoms with Gasteiger partial charge >= 0.3 is 6.61 Å². The SMILES string of the molecule is CC(C)(C)n1c(NC(=O)c2cccc(OC(F)F)c2)nc2ccccc21. The standard InChI is InChI=1S/C19H19F2N3O2/c1-19(2,3)24-15-10-5-4-9-14(15)22-18(24)23-16(25)12-7-6-8-13(11-12)26-17(20)21/h4-11,17H,1-3H3,(H,22,23,25). The molecule has 7 heteroatoms. The molecule has 0 radical (unpaired) electrons. The van der Waals surface area contributed by atoms with Crippen molar-refractivity contribution in [1.82, 2.24) is 9.55 Å². The summed E-state index contributed by atoms with van der Waals surface area (Å²) in [7, 11) is 0. The Hall–Kier alpha value is -2.96. The molecule has 136 valence electrons. The Bertz CT molecular complexity index is 945. The number of alkyl halides is 2. The number of para-hydroxylation sites is 2. The van der Waals surface area contributed by atoms with E-state index in [1.54, 1.807) is 0 Å². The lowest BCUT2D eigenvalue weighted by Crippen LogP contribution is -2.25. The van der Waals surface area contributed by atoms with Crippen LogP contribution in [0, 0.1) is 0 Å². The van der Waals surface area contributed by atoms with E-state index in [0.29, 0.717) is 5.95 Å². The maximum atomic E-state index is 12.6. The molecule has 0 unspecified atom stereocenters. The van der Waals surface area contributed by atoms with Crippen LogP contribution in [0.4, 0.5) is 14.7 Å². The average Bonchev–Trinajstić information content (AvgIpc) is 2.92. The van der Waals surface area contributed by atoms with E-state index in [0.717, 1.165) is 11.0 Å². The van der Waals surface area contributed by atoms with Crippen LogP contribution in [0.3, 0.4) is 0 Å². The number of amides is 1. The zero-order valence-electron chi connectivity index (χ0n) is 14.7. The second kappa shape index (κ2) is 6.74. The Morgan fingerprint density at radius 3 is 2.58 bits per heavy atom. The molecule has 0 bridgehead atoms. The van der Waals surface area contributed by atoms with Gasteiger partial charge < -0.3 is 9.30 Å². The number of nitrogens with zero attached hydrogens (tertiary/aromatic N) is 2. The highest BCUT2D eigenvalue weighted by Crippen LogP contribution is 2.28. The summed E-state index contributed by atoms with van der Waals surface area (Å²) in [6, 6.07) is 13.2. The predicted molar refractivity (Wildman–Crippen MR) is 95.8 cm³/mol. The second-order valence-electron chi connectivity index (χ2n) is 6.79. The molecule has 26 heavy (non-hydrogen) atoms. The van der Waals surface area contributed by atoms with Gasteiger partial charge in [0.2, 0.25) is 5.95 Å². The number of anilines is 1. The average molecular weight is 359 g/mol. The lowest BCUT2D eigenvalue weighted by molar-refractivity contribution is -0.0498. The molecule has 0 atom stereocenters. The highest BCUT2D eigenvalue weighted by molar-refractivity contribution is 6.04. The van der Waals surface area contributed by atoms with Crippen LogP contribution >= 0.6 is 0 Å². The summed E-state index contributed by atoms with van der Waals surface area (Å²) < 4.78 is 31.0. The van der Waals surface area contributed by atoms with Crippen LogP contribution in [0.15, 0.2) is 48.5 Å². The first-order valence-corrected chi connectivity index (χ1v) is 8.10. The summed E-state index contributed by atoms with van der Waals surface area (Å²) in [6.07, 6.45) is 0. The van der Waals surface area contributed by atoms with Crippen LogP contribution in [-0.2, 0) is 5.54 Å². The van der Waals surface area contributed by atoms with E-state index in [-0.39, 0.29) is 16.9 Å². The summed E-state index contributed by atoms with van der Waals surface area (Å²) in [4.78, 5) is 17.1. The van der Waals surface area contributed by atoms with Crippen molar-refractivity contribution >= 4 is 22.9 Å². The maximum Gasteiger partial charge on any atom is 0.387 e. The third kappa shape index (κ3) is 3.66. The fourth-order valence-electron chi connectivity index (χ4n) is 2.78. The van der Waals surface area contributed by atoms with Gasteiger partial charge in [-0.1, -0.05) is 18.2 Å². The van der Waals surface area contributed by atoms with Crippen LogP contribution in [-0.4, -0.2) is 22.1 Å². The van der Waals surface area contributed by atoms with Gasteiger partial charge in [0.05, 0.1) is 11.0 Å². The molecule has 0 saturated heterocycles. The number of benzene rings is 2. The molecule has 0 aliphatic rings. The quantitative estimate of drug-likeness (QED) is 0.738. The number of carbonyl (C=O) groups excluding carboxylic acids is 1. The zero-order chi connectivity index (χ0) is 18.9. The van der Waals surface area contributed by atoms with Crippen molar-refractivity contribution in [2.45, 2.75) is 32.9 Å². The van der Waals surface area contributed by atoms with E-state index in [1.165, 1.54) is 24.3 Å². The van der Waals surface area contributed by atoms with E-state index in [4.69, 9.17) is 0 Å². The van der Waals surface area contributed by atoms with Gasteiger partial charge in [0.1, 0.15) is 5.75 Å². The van der Waals surface area contributed by atoms with Crippen LogP contribution in [0.1, 0.15) is 31.1 Å². The zero-order valence-corrected chi connectivity index (χ0v) is 14.7.